The molecule has 2 unspecified atom stereocenters. The smallest absolute Gasteiger partial charge is 0.121 e. The van der Waals surface area contributed by atoms with Gasteiger partial charge in [0.25, 0.3) is 0 Å². The molecule has 0 spiro atoms. The average Bonchev–Trinajstić information content (AvgIpc) is 3.08. The van der Waals surface area contributed by atoms with Gasteiger partial charge in [-0.2, -0.15) is 0 Å². The van der Waals surface area contributed by atoms with Gasteiger partial charge in [0, 0.05) is 12.5 Å². The van der Waals surface area contributed by atoms with Gasteiger partial charge in [-0.25, -0.2) is 0 Å². The number of ether oxygens (including phenoxy) is 3. The third kappa shape index (κ3) is 8.33. The van der Waals surface area contributed by atoms with Crippen LogP contribution < -0.4 is 14.2 Å². The number of aliphatic hydroxyl groups is 1. The third-order valence-electron chi connectivity index (χ3n) is 8.09. The van der Waals surface area contributed by atoms with Gasteiger partial charge in [0.1, 0.15) is 42.7 Å². The molecule has 0 amide bonds. The summed E-state index contributed by atoms with van der Waals surface area (Å²) in [7, 11) is 4.05. The first kappa shape index (κ1) is 31.8. The maximum absolute atomic E-state index is 12.8. The number of nitrogens with zero attached hydrogens (tertiary/aromatic N) is 1. The molecule has 5 aromatic rings. The van der Waals surface area contributed by atoms with E-state index in [1.807, 2.05) is 123 Å². The van der Waals surface area contributed by atoms with E-state index < -0.39 is 5.60 Å². The van der Waals surface area contributed by atoms with Gasteiger partial charge in [-0.15, -0.1) is 0 Å². The van der Waals surface area contributed by atoms with E-state index in [9.17, 15) is 5.11 Å². The molecule has 0 aromatic heterocycles. The Bertz CT molecular complexity index is 1570. The molecule has 0 aliphatic carbocycles. The number of rotatable bonds is 15. The van der Waals surface area contributed by atoms with Crippen molar-refractivity contribution >= 4 is 0 Å². The van der Waals surface area contributed by atoms with Gasteiger partial charge in [-0.1, -0.05) is 104 Å². The molecule has 5 heteroatoms. The first-order valence-corrected chi connectivity index (χ1v) is 15.6. The topological polar surface area (TPSA) is 51.2 Å². The van der Waals surface area contributed by atoms with Crippen molar-refractivity contribution in [1.29, 1.82) is 0 Å². The molecule has 0 fully saturated rings. The molecule has 0 aliphatic rings. The fraction of sp³-hybridized carbons (Fsp3) is 0.250. The molecule has 0 radical (unpaired) electrons. The molecule has 2 atom stereocenters. The van der Waals surface area contributed by atoms with Crippen LogP contribution in [-0.4, -0.2) is 37.3 Å². The fourth-order valence-corrected chi connectivity index (χ4v) is 5.58. The predicted octanol–water partition coefficient (Wildman–Crippen LogP) is 8.21. The van der Waals surface area contributed by atoms with Crippen LogP contribution in [0.3, 0.4) is 0 Å². The zero-order valence-electron chi connectivity index (χ0n) is 26.4. The summed E-state index contributed by atoms with van der Waals surface area (Å²) in [4.78, 5) is 2.09. The second-order valence-corrected chi connectivity index (χ2v) is 11.5. The van der Waals surface area contributed by atoms with Crippen LogP contribution in [-0.2, 0) is 18.8 Å². The molecule has 5 aromatic carbocycles. The lowest BCUT2D eigenvalue weighted by Crippen LogP contribution is -2.35. The van der Waals surface area contributed by atoms with Crippen molar-refractivity contribution in [2.45, 2.75) is 38.1 Å². The Balaban J connectivity index is 1.41. The maximum Gasteiger partial charge on any atom is 0.121 e. The van der Waals surface area contributed by atoms with Crippen molar-refractivity contribution in [3.63, 3.8) is 0 Å². The van der Waals surface area contributed by atoms with Crippen molar-refractivity contribution in [2.24, 2.45) is 0 Å². The van der Waals surface area contributed by atoms with Crippen LogP contribution in [0.4, 0.5) is 0 Å². The van der Waals surface area contributed by atoms with E-state index in [0.29, 0.717) is 26.2 Å². The summed E-state index contributed by atoms with van der Waals surface area (Å²) in [5, 5.41) is 12.8. The summed E-state index contributed by atoms with van der Waals surface area (Å²) in [6, 6.07) is 44.0. The van der Waals surface area contributed by atoms with E-state index in [4.69, 9.17) is 14.2 Å². The number of likely N-dealkylation sites (N-methyl/N-ethyl adjacent to an activating group) is 1. The molecule has 0 heterocycles. The first-order valence-electron chi connectivity index (χ1n) is 15.6. The van der Waals surface area contributed by atoms with Crippen LogP contribution in [0, 0.1) is 0 Å². The minimum Gasteiger partial charge on any atom is -0.492 e. The largest absolute Gasteiger partial charge is 0.492 e. The SMILES string of the molecule is CCC(c1ccc(OCc2ccccc2)cc1)C(O)(c1ccc(OCCN(C)C)cc1)c1ccc(OCc2ccccc2)cc1. The van der Waals surface area contributed by atoms with Crippen molar-refractivity contribution in [3.8, 4) is 17.2 Å². The summed E-state index contributed by atoms with van der Waals surface area (Å²) < 4.78 is 18.1. The van der Waals surface area contributed by atoms with Crippen molar-refractivity contribution < 1.29 is 19.3 Å². The molecule has 0 aliphatic heterocycles. The molecule has 0 saturated carbocycles. The maximum atomic E-state index is 12.8. The highest BCUT2D eigenvalue weighted by molar-refractivity contribution is 5.45. The summed E-state index contributed by atoms with van der Waals surface area (Å²) >= 11 is 0. The van der Waals surface area contributed by atoms with E-state index in [-0.39, 0.29) is 5.92 Å². The highest BCUT2D eigenvalue weighted by Gasteiger charge is 2.40. The molecule has 0 bridgehead atoms. The molecular weight excluding hydrogens is 558 g/mol. The number of benzene rings is 5. The molecule has 5 nitrogen and oxygen atoms in total. The Kier molecular flexibility index (Phi) is 10.9. The molecule has 5 rings (SSSR count). The van der Waals surface area contributed by atoms with Gasteiger partial charge in [0.05, 0.1) is 0 Å². The minimum atomic E-state index is -1.30. The first-order chi connectivity index (χ1) is 22.0. The van der Waals surface area contributed by atoms with Crippen LogP contribution in [0.5, 0.6) is 17.2 Å². The second-order valence-electron chi connectivity index (χ2n) is 11.5. The summed E-state index contributed by atoms with van der Waals surface area (Å²) in [5.74, 6) is 2.10. The van der Waals surface area contributed by atoms with E-state index in [2.05, 4.69) is 36.1 Å². The van der Waals surface area contributed by atoms with Crippen molar-refractivity contribution in [3.05, 3.63) is 161 Å². The lowest BCUT2D eigenvalue weighted by Gasteiger charge is -2.37. The van der Waals surface area contributed by atoms with Gasteiger partial charge < -0.3 is 24.2 Å². The summed E-state index contributed by atoms with van der Waals surface area (Å²) in [5.41, 5.74) is 3.55. The van der Waals surface area contributed by atoms with Gasteiger partial charge >= 0.3 is 0 Å². The van der Waals surface area contributed by atoms with Crippen LogP contribution in [0.1, 0.15) is 47.1 Å². The number of hydrogen-bond donors (Lipinski definition) is 1. The highest BCUT2D eigenvalue weighted by Crippen LogP contribution is 2.45. The zero-order chi connectivity index (χ0) is 31.5. The average molecular weight is 602 g/mol. The highest BCUT2D eigenvalue weighted by atomic mass is 16.5. The fourth-order valence-electron chi connectivity index (χ4n) is 5.58. The molecule has 45 heavy (non-hydrogen) atoms. The lowest BCUT2D eigenvalue weighted by molar-refractivity contribution is 0.0475. The van der Waals surface area contributed by atoms with Gasteiger partial charge in [-0.05, 0) is 84.7 Å². The van der Waals surface area contributed by atoms with Crippen LogP contribution in [0.25, 0.3) is 0 Å². The summed E-state index contributed by atoms with van der Waals surface area (Å²) in [6.07, 6.45) is 0.716. The van der Waals surface area contributed by atoms with E-state index in [0.717, 1.165) is 51.6 Å². The van der Waals surface area contributed by atoms with Crippen LogP contribution in [0.15, 0.2) is 133 Å². The second kappa shape index (κ2) is 15.4. The van der Waals surface area contributed by atoms with Gasteiger partial charge in [0.2, 0.25) is 0 Å². The monoisotopic (exact) mass is 601 g/mol. The minimum absolute atomic E-state index is 0.225. The number of hydrogen-bond acceptors (Lipinski definition) is 5. The third-order valence-corrected chi connectivity index (χ3v) is 8.09. The molecule has 0 saturated heterocycles. The molecule has 232 valence electrons. The lowest BCUT2D eigenvalue weighted by atomic mass is 9.72. The van der Waals surface area contributed by atoms with Gasteiger partial charge in [0.15, 0.2) is 0 Å². The Morgan fingerprint density at radius 2 is 1.00 bits per heavy atom. The van der Waals surface area contributed by atoms with Gasteiger partial charge in [-0.3, -0.25) is 0 Å². The van der Waals surface area contributed by atoms with Crippen LogP contribution >= 0.6 is 0 Å². The van der Waals surface area contributed by atoms with Crippen molar-refractivity contribution in [2.75, 3.05) is 27.2 Å². The standard InChI is InChI=1S/C40H43NO4/c1-4-39(33-15-21-37(22-16-33)44-29-31-11-7-5-8-12-31)40(42,34-17-23-36(24-18-34)43-28-27-41(2)3)35-19-25-38(26-20-35)45-30-32-13-9-6-10-14-32/h5-26,39,42H,4,27-30H2,1-3H3. The van der Waals surface area contributed by atoms with E-state index in [1.165, 1.54) is 0 Å². The Morgan fingerprint density at radius 1 is 0.578 bits per heavy atom. The Labute approximate surface area is 267 Å². The van der Waals surface area contributed by atoms with Crippen molar-refractivity contribution in [1.82, 2.24) is 4.90 Å². The van der Waals surface area contributed by atoms with Crippen LogP contribution in [0.2, 0.25) is 0 Å². The summed E-state index contributed by atoms with van der Waals surface area (Å²) in [6.45, 7) is 4.52. The quantitative estimate of drug-likeness (QED) is 0.131. The molecular formula is C40H43NO4. The molecule has 1 N–H and O–H groups in total. The Morgan fingerprint density at radius 3 is 1.42 bits per heavy atom. The predicted molar refractivity (Wildman–Crippen MR) is 181 cm³/mol. The zero-order valence-corrected chi connectivity index (χ0v) is 26.4. The Hall–Kier alpha value is -4.58. The normalized spacial score (nSPS) is 13.2. The van der Waals surface area contributed by atoms with E-state index >= 15 is 0 Å². The van der Waals surface area contributed by atoms with E-state index in [1.54, 1.807) is 0 Å².